The van der Waals surface area contributed by atoms with Gasteiger partial charge in [-0.1, -0.05) is 18.2 Å². The van der Waals surface area contributed by atoms with Crippen LogP contribution in [0.5, 0.6) is 0 Å². The van der Waals surface area contributed by atoms with E-state index in [9.17, 15) is 0 Å². The molecule has 0 saturated carbocycles. The van der Waals surface area contributed by atoms with Crippen LogP contribution in [0.3, 0.4) is 0 Å². The average Bonchev–Trinajstić information content (AvgIpc) is 2.44. The molecular weight excluding hydrogens is 184 g/mol. The van der Waals surface area contributed by atoms with Gasteiger partial charge in [0.2, 0.25) is 0 Å². The molecule has 15 heavy (non-hydrogen) atoms. The number of rotatable bonds is 2. The predicted octanol–water partition coefficient (Wildman–Crippen LogP) is 2.55. The van der Waals surface area contributed by atoms with Crippen molar-refractivity contribution in [3.63, 3.8) is 0 Å². The SMILES string of the molecule is Cc1cccc2cc(CN(C)C)n(C)c12. The van der Waals surface area contributed by atoms with E-state index in [-0.39, 0.29) is 0 Å². The van der Waals surface area contributed by atoms with Crippen molar-refractivity contribution in [2.45, 2.75) is 13.5 Å². The van der Waals surface area contributed by atoms with E-state index < -0.39 is 0 Å². The Labute approximate surface area is 91.1 Å². The van der Waals surface area contributed by atoms with Gasteiger partial charge in [-0.3, -0.25) is 0 Å². The van der Waals surface area contributed by atoms with Gasteiger partial charge in [0.1, 0.15) is 0 Å². The summed E-state index contributed by atoms with van der Waals surface area (Å²) in [5, 5.41) is 1.34. The van der Waals surface area contributed by atoms with Crippen molar-refractivity contribution < 1.29 is 0 Å². The van der Waals surface area contributed by atoms with Crippen LogP contribution >= 0.6 is 0 Å². The van der Waals surface area contributed by atoms with E-state index in [0.29, 0.717) is 0 Å². The van der Waals surface area contributed by atoms with Crippen molar-refractivity contribution in [3.05, 3.63) is 35.5 Å². The second-order valence-electron chi connectivity index (χ2n) is 4.45. The molecule has 1 aromatic heterocycles. The lowest BCUT2D eigenvalue weighted by atomic mass is 10.2. The van der Waals surface area contributed by atoms with E-state index in [0.717, 1.165) is 6.54 Å². The Bertz CT molecular complexity index is 480. The summed E-state index contributed by atoms with van der Waals surface area (Å²) >= 11 is 0. The molecule has 0 amide bonds. The molecule has 0 aliphatic rings. The maximum absolute atomic E-state index is 2.30. The second kappa shape index (κ2) is 3.70. The summed E-state index contributed by atoms with van der Waals surface area (Å²) in [6, 6.07) is 8.75. The Kier molecular flexibility index (Phi) is 2.53. The smallest absolute Gasteiger partial charge is 0.0510 e. The molecule has 0 unspecified atom stereocenters. The summed E-state index contributed by atoms with van der Waals surface area (Å²) in [4.78, 5) is 2.20. The van der Waals surface area contributed by atoms with Gasteiger partial charge < -0.3 is 9.47 Å². The number of para-hydroxylation sites is 1. The first-order valence-electron chi connectivity index (χ1n) is 5.28. The fourth-order valence-corrected chi connectivity index (χ4v) is 2.15. The molecule has 0 spiro atoms. The molecule has 0 radical (unpaired) electrons. The average molecular weight is 202 g/mol. The maximum atomic E-state index is 2.30. The second-order valence-corrected chi connectivity index (χ2v) is 4.45. The highest BCUT2D eigenvalue weighted by Crippen LogP contribution is 2.22. The summed E-state index contributed by atoms with van der Waals surface area (Å²) in [7, 11) is 6.35. The van der Waals surface area contributed by atoms with E-state index in [1.807, 2.05) is 0 Å². The Morgan fingerprint density at radius 1 is 1.27 bits per heavy atom. The van der Waals surface area contributed by atoms with Gasteiger partial charge in [0.25, 0.3) is 0 Å². The third-order valence-electron chi connectivity index (χ3n) is 2.84. The molecule has 0 bridgehead atoms. The van der Waals surface area contributed by atoms with Gasteiger partial charge in [0, 0.05) is 24.7 Å². The van der Waals surface area contributed by atoms with Crippen LogP contribution in [-0.4, -0.2) is 23.6 Å². The lowest BCUT2D eigenvalue weighted by Crippen LogP contribution is -2.13. The standard InChI is InChI=1S/C13H18N2/c1-10-6-5-7-11-8-12(9-14(2)3)15(4)13(10)11/h5-8H,9H2,1-4H3. The molecule has 0 N–H and O–H groups in total. The molecule has 2 nitrogen and oxygen atoms in total. The number of aromatic nitrogens is 1. The van der Waals surface area contributed by atoms with E-state index in [1.165, 1.54) is 22.2 Å². The Hall–Kier alpha value is -1.28. The van der Waals surface area contributed by atoms with Crippen LogP contribution in [-0.2, 0) is 13.6 Å². The third-order valence-corrected chi connectivity index (χ3v) is 2.84. The first-order valence-corrected chi connectivity index (χ1v) is 5.28. The van der Waals surface area contributed by atoms with Crippen LogP contribution in [0.15, 0.2) is 24.3 Å². The van der Waals surface area contributed by atoms with Gasteiger partial charge in [0.05, 0.1) is 5.52 Å². The van der Waals surface area contributed by atoms with E-state index in [2.05, 4.69) is 61.8 Å². The van der Waals surface area contributed by atoms with Crippen LogP contribution in [0.1, 0.15) is 11.3 Å². The normalized spacial score (nSPS) is 11.5. The van der Waals surface area contributed by atoms with Gasteiger partial charge in [-0.15, -0.1) is 0 Å². The zero-order valence-corrected chi connectivity index (χ0v) is 9.91. The van der Waals surface area contributed by atoms with Crippen LogP contribution in [0.4, 0.5) is 0 Å². The van der Waals surface area contributed by atoms with Gasteiger partial charge in [-0.2, -0.15) is 0 Å². The Balaban J connectivity index is 2.59. The van der Waals surface area contributed by atoms with Crippen molar-refractivity contribution >= 4 is 10.9 Å². The van der Waals surface area contributed by atoms with Crippen LogP contribution in [0.2, 0.25) is 0 Å². The molecule has 2 heteroatoms. The predicted molar refractivity (Wildman–Crippen MR) is 65.0 cm³/mol. The van der Waals surface area contributed by atoms with Crippen molar-refractivity contribution in [1.29, 1.82) is 0 Å². The largest absolute Gasteiger partial charge is 0.346 e. The number of benzene rings is 1. The first-order chi connectivity index (χ1) is 7.09. The van der Waals surface area contributed by atoms with Crippen molar-refractivity contribution in [2.24, 2.45) is 7.05 Å². The molecule has 1 heterocycles. The number of hydrogen-bond acceptors (Lipinski definition) is 1. The number of fused-ring (bicyclic) bond motifs is 1. The summed E-state index contributed by atoms with van der Waals surface area (Å²) < 4.78 is 2.30. The molecule has 1 aromatic carbocycles. The quantitative estimate of drug-likeness (QED) is 0.726. The first kappa shape index (κ1) is 10.2. The maximum Gasteiger partial charge on any atom is 0.0510 e. The molecule has 0 aliphatic heterocycles. The van der Waals surface area contributed by atoms with Gasteiger partial charge in [-0.05, 0) is 32.6 Å². The van der Waals surface area contributed by atoms with E-state index in [4.69, 9.17) is 0 Å². The van der Waals surface area contributed by atoms with Crippen molar-refractivity contribution in [1.82, 2.24) is 9.47 Å². The van der Waals surface area contributed by atoms with E-state index >= 15 is 0 Å². The highest BCUT2D eigenvalue weighted by Gasteiger charge is 2.07. The highest BCUT2D eigenvalue weighted by molar-refractivity contribution is 5.84. The zero-order chi connectivity index (χ0) is 11.0. The topological polar surface area (TPSA) is 8.17 Å². The van der Waals surface area contributed by atoms with Crippen LogP contribution < -0.4 is 0 Å². The van der Waals surface area contributed by atoms with E-state index in [1.54, 1.807) is 0 Å². The van der Waals surface area contributed by atoms with Gasteiger partial charge in [-0.25, -0.2) is 0 Å². The molecule has 2 rings (SSSR count). The van der Waals surface area contributed by atoms with Crippen molar-refractivity contribution in [2.75, 3.05) is 14.1 Å². The van der Waals surface area contributed by atoms with Crippen LogP contribution in [0.25, 0.3) is 10.9 Å². The molecular formula is C13H18N2. The van der Waals surface area contributed by atoms with Crippen LogP contribution in [0, 0.1) is 6.92 Å². The zero-order valence-electron chi connectivity index (χ0n) is 9.91. The minimum atomic E-state index is 0.991. The monoisotopic (exact) mass is 202 g/mol. The Morgan fingerprint density at radius 2 is 2.00 bits per heavy atom. The van der Waals surface area contributed by atoms with Gasteiger partial charge in [0.15, 0.2) is 0 Å². The third kappa shape index (κ3) is 1.77. The minimum absolute atomic E-state index is 0.991. The summed E-state index contributed by atoms with van der Waals surface area (Å²) in [6.07, 6.45) is 0. The summed E-state index contributed by atoms with van der Waals surface area (Å²) in [6.45, 7) is 3.16. The lowest BCUT2D eigenvalue weighted by Gasteiger charge is -2.10. The number of hydrogen-bond donors (Lipinski definition) is 0. The fourth-order valence-electron chi connectivity index (χ4n) is 2.15. The molecule has 0 atom stereocenters. The summed E-state index contributed by atoms with van der Waals surface area (Å²) in [5.41, 5.74) is 4.07. The highest BCUT2D eigenvalue weighted by atomic mass is 15.1. The molecule has 0 fully saturated rings. The number of nitrogens with zero attached hydrogens (tertiary/aromatic N) is 2. The lowest BCUT2D eigenvalue weighted by molar-refractivity contribution is 0.392. The van der Waals surface area contributed by atoms with Gasteiger partial charge >= 0.3 is 0 Å². The Morgan fingerprint density at radius 3 is 2.60 bits per heavy atom. The van der Waals surface area contributed by atoms with Crippen molar-refractivity contribution in [3.8, 4) is 0 Å². The molecule has 80 valence electrons. The molecule has 0 aliphatic carbocycles. The fraction of sp³-hybridized carbons (Fsp3) is 0.385. The molecule has 0 saturated heterocycles. The summed E-state index contributed by atoms with van der Waals surface area (Å²) in [5.74, 6) is 0. The number of aryl methyl sites for hydroxylation is 2. The molecule has 2 aromatic rings. The minimum Gasteiger partial charge on any atom is -0.346 e.